The number of hydrogen-bond acceptors (Lipinski definition) is 6. The van der Waals surface area contributed by atoms with Crippen molar-refractivity contribution in [3.8, 4) is 0 Å². The molecule has 10 heteroatoms. The number of carbonyl (C=O) groups excluding carboxylic acids is 3. The van der Waals surface area contributed by atoms with E-state index in [2.05, 4.69) is 16.2 Å². The molecule has 148 valence electrons. The van der Waals surface area contributed by atoms with Crippen molar-refractivity contribution in [2.75, 3.05) is 16.8 Å². The number of sulfone groups is 1. The van der Waals surface area contributed by atoms with E-state index < -0.39 is 39.3 Å². The van der Waals surface area contributed by atoms with E-state index in [0.29, 0.717) is 5.69 Å². The van der Waals surface area contributed by atoms with Crippen LogP contribution >= 0.6 is 0 Å². The summed E-state index contributed by atoms with van der Waals surface area (Å²) < 4.78 is 27.9. The minimum Gasteiger partial charge on any atom is -0.444 e. The van der Waals surface area contributed by atoms with Crippen molar-refractivity contribution >= 4 is 33.4 Å². The van der Waals surface area contributed by atoms with Crippen molar-refractivity contribution in [1.82, 2.24) is 10.9 Å². The Hall–Kier alpha value is -2.62. The van der Waals surface area contributed by atoms with Crippen LogP contribution < -0.4 is 16.2 Å². The zero-order valence-electron chi connectivity index (χ0n) is 15.4. The molecule has 0 aromatic heterocycles. The second kappa shape index (κ2) is 7.95. The van der Waals surface area contributed by atoms with Gasteiger partial charge < -0.3 is 4.74 Å². The van der Waals surface area contributed by atoms with E-state index >= 15 is 0 Å². The summed E-state index contributed by atoms with van der Waals surface area (Å²) in [6, 6.07) is 6.07. The van der Waals surface area contributed by atoms with Crippen molar-refractivity contribution in [2.24, 2.45) is 5.92 Å². The summed E-state index contributed by atoms with van der Waals surface area (Å²) in [5, 5.41) is 2.52. The van der Waals surface area contributed by atoms with Crippen LogP contribution in [0.3, 0.4) is 0 Å². The maximum Gasteiger partial charge on any atom is 0.412 e. The van der Waals surface area contributed by atoms with E-state index in [-0.39, 0.29) is 23.5 Å². The van der Waals surface area contributed by atoms with E-state index in [1.807, 2.05) is 0 Å². The zero-order chi connectivity index (χ0) is 20.2. The molecule has 3 N–H and O–H groups in total. The van der Waals surface area contributed by atoms with Gasteiger partial charge in [-0.05, 0) is 45.4 Å². The van der Waals surface area contributed by atoms with Crippen LogP contribution in [0, 0.1) is 5.92 Å². The van der Waals surface area contributed by atoms with Crippen LogP contribution in [-0.4, -0.2) is 43.4 Å². The Morgan fingerprint density at radius 3 is 2.44 bits per heavy atom. The Balaban J connectivity index is 1.91. The molecule has 0 bridgehead atoms. The lowest BCUT2D eigenvalue weighted by molar-refractivity contribution is -0.125. The Kier molecular flexibility index (Phi) is 6.09. The molecule has 0 unspecified atom stereocenters. The number of anilines is 1. The molecule has 2 rings (SSSR count). The number of hydrazine groups is 1. The molecule has 1 atom stereocenters. The first-order valence-corrected chi connectivity index (χ1v) is 10.2. The van der Waals surface area contributed by atoms with Gasteiger partial charge in [0.05, 0.1) is 17.4 Å². The Morgan fingerprint density at radius 2 is 1.85 bits per heavy atom. The van der Waals surface area contributed by atoms with Crippen LogP contribution in [0.5, 0.6) is 0 Å². The molecule has 1 aromatic carbocycles. The summed E-state index contributed by atoms with van der Waals surface area (Å²) in [7, 11) is -3.19. The molecular weight excluding hydrogens is 374 g/mol. The summed E-state index contributed by atoms with van der Waals surface area (Å²) in [5.41, 5.74) is 4.37. The van der Waals surface area contributed by atoms with Gasteiger partial charge in [-0.15, -0.1) is 0 Å². The SMILES string of the molecule is CC(C)(C)OC(=O)Nc1cccc(C(=O)NNC(=O)[C@H]2CCS(=O)(=O)C2)c1. The number of carbonyl (C=O) groups is 3. The molecule has 3 amide bonds. The molecule has 1 heterocycles. The third-order valence-electron chi connectivity index (χ3n) is 3.67. The second-order valence-electron chi connectivity index (χ2n) is 7.25. The summed E-state index contributed by atoms with van der Waals surface area (Å²) in [6.07, 6.45) is -0.421. The normalized spacial score (nSPS) is 18.4. The number of benzene rings is 1. The molecule has 1 aromatic rings. The summed E-state index contributed by atoms with van der Waals surface area (Å²) in [6.45, 7) is 5.19. The van der Waals surface area contributed by atoms with Crippen LogP contribution in [0.25, 0.3) is 0 Å². The highest BCUT2D eigenvalue weighted by molar-refractivity contribution is 7.91. The number of ether oxygens (including phenoxy) is 1. The third kappa shape index (κ3) is 6.55. The molecule has 1 aliphatic heterocycles. The Morgan fingerprint density at radius 1 is 1.15 bits per heavy atom. The average molecular weight is 397 g/mol. The van der Waals surface area contributed by atoms with Gasteiger partial charge in [-0.1, -0.05) is 6.07 Å². The number of rotatable bonds is 3. The predicted octanol–water partition coefficient (Wildman–Crippen LogP) is 1.23. The van der Waals surface area contributed by atoms with Crippen molar-refractivity contribution in [1.29, 1.82) is 0 Å². The van der Waals surface area contributed by atoms with E-state index in [1.54, 1.807) is 32.9 Å². The average Bonchev–Trinajstić information content (AvgIpc) is 2.90. The van der Waals surface area contributed by atoms with Crippen molar-refractivity contribution < 1.29 is 27.5 Å². The molecule has 27 heavy (non-hydrogen) atoms. The van der Waals surface area contributed by atoms with Gasteiger partial charge in [-0.25, -0.2) is 13.2 Å². The lowest BCUT2D eigenvalue weighted by Gasteiger charge is -2.19. The summed E-state index contributed by atoms with van der Waals surface area (Å²) >= 11 is 0. The van der Waals surface area contributed by atoms with E-state index in [1.165, 1.54) is 12.1 Å². The van der Waals surface area contributed by atoms with E-state index in [9.17, 15) is 22.8 Å². The molecule has 0 saturated carbocycles. The fourth-order valence-electron chi connectivity index (χ4n) is 2.45. The zero-order valence-corrected chi connectivity index (χ0v) is 16.2. The third-order valence-corrected chi connectivity index (χ3v) is 5.44. The van der Waals surface area contributed by atoms with Crippen molar-refractivity contribution in [2.45, 2.75) is 32.8 Å². The predicted molar refractivity (Wildman–Crippen MR) is 98.7 cm³/mol. The van der Waals surface area contributed by atoms with Gasteiger partial charge in [0.15, 0.2) is 9.84 Å². The molecule has 0 radical (unpaired) electrons. The van der Waals surface area contributed by atoms with Crippen LogP contribution in [0.15, 0.2) is 24.3 Å². The van der Waals surface area contributed by atoms with Gasteiger partial charge in [-0.2, -0.15) is 0 Å². The minimum absolute atomic E-state index is 0.0303. The van der Waals surface area contributed by atoms with Crippen LogP contribution in [0.2, 0.25) is 0 Å². The highest BCUT2D eigenvalue weighted by Gasteiger charge is 2.33. The van der Waals surface area contributed by atoms with Crippen LogP contribution in [-0.2, 0) is 19.4 Å². The van der Waals surface area contributed by atoms with Crippen LogP contribution in [0.1, 0.15) is 37.6 Å². The molecule has 1 saturated heterocycles. The lowest BCUT2D eigenvalue weighted by Crippen LogP contribution is -2.44. The highest BCUT2D eigenvalue weighted by Crippen LogP contribution is 2.18. The molecule has 0 spiro atoms. The van der Waals surface area contributed by atoms with Gasteiger partial charge in [0.2, 0.25) is 5.91 Å². The number of hydrogen-bond donors (Lipinski definition) is 3. The van der Waals surface area contributed by atoms with E-state index in [4.69, 9.17) is 4.74 Å². The quantitative estimate of drug-likeness (QED) is 0.658. The first kappa shape index (κ1) is 20.7. The number of nitrogens with one attached hydrogen (secondary N) is 3. The maximum atomic E-state index is 12.2. The number of amides is 3. The van der Waals surface area contributed by atoms with Gasteiger partial charge in [-0.3, -0.25) is 25.8 Å². The Labute approximate surface area is 157 Å². The van der Waals surface area contributed by atoms with E-state index in [0.717, 1.165) is 0 Å². The Bertz CT molecular complexity index is 844. The molecule has 9 nitrogen and oxygen atoms in total. The fraction of sp³-hybridized carbons (Fsp3) is 0.471. The van der Waals surface area contributed by atoms with Crippen molar-refractivity contribution in [3.63, 3.8) is 0 Å². The lowest BCUT2D eigenvalue weighted by atomic mass is 10.1. The van der Waals surface area contributed by atoms with Gasteiger partial charge >= 0.3 is 6.09 Å². The second-order valence-corrected chi connectivity index (χ2v) is 9.48. The van der Waals surface area contributed by atoms with Gasteiger partial charge in [0.1, 0.15) is 5.60 Å². The fourth-order valence-corrected chi connectivity index (χ4v) is 4.20. The first-order chi connectivity index (χ1) is 12.5. The largest absolute Gasteiger partial charge is 0.444 e. The smallest absolute Gasteiger partial charge is 0.412 e. The molecule has 0 aliphatic carbocycles. The van der Waals surface area contributed by atoms with Crippen molar-refractivity contribution in [3.05, 3.63) is 29.8 Å². The van der Waals surface area contributed by atoms with Gasteiger partial charge in [0.25, 0.3) is 5.91 Å². The topological polar surface area (TPSA) is 131 Å². The standard InChI is InChI=1S/C17H23N3O6S/c1-17(2,3)26-16(23)18-13-6-4-5-11(9-13)14(21)19-20-15(22)12-7-8-27(24,25)10-12/h4-6,9,12H,7-8,10H2,1-3H3,(H,18,23)(H,19,21)(H,20,22)/t12-/m0/s1. The molecular formula is C17H23N3O6S. The minimum atomic E-state index is -3.19. The molecule has 1 fully saturated rings. The highest BCUT2D eigenvalue weighted by atomic mass is 32.2. The molecule has 1 aliphatic rings. The van der Waals surface area contributed by atoms with Crippen LogP contribution in [0.4, 0.5) is 10.5 Å². The summed E-state index contributed by atoms with van der Waals surface area (Å²) in [5.74, 6) is -2.07. The first-order valence-electron chi connectivity index (χ1n) is 8.36. The monoisotopic (exact) mass is 397 g/mol. The maximum absolute atomic E-state index is 12.2. The van der Waals surface area contributed by atoms with Gasteiger partial charge in [0, 0.05) is 11.3 Å². The summed E-state index contributed by atoms with van der Waals surface area (Å²) in [4.78, 5) is 35.9.